The molecule has 3 nitrogen and oxygen atoms in total. The fourth-order valence-electron chi connectivity index (χ4n) is 3.54. The van der Waals surface area contributed by atoms with E-state index in [0.29, 0.717) is 5.92 Å². The van der Waals surface area contributed by atoms with Crippen molar-refractivity contribution in [2.45, 2.75) is 69.6 Å². The number of hydrogen-bond acceptors (Lipinski definition) is 3. The summed E-state index contributed by atoms with van der Waals surface area (Å²) >= 11 is 0. The minimum Gasteiger partial charge on any atom is -0.391 e. The number of nitrogens with zero attached hydrogens (tertiary/aromatic N) is 1. The van der Waals surface area contributed by atoms with Crippen molar-refractivity contribution >= 4 is 0 Å². The van der Waals surface area contributed by atoms with Crippen LogP contribution in [0.3, 0.4) is 0 Å². The molecule has 1 saturated carbocycles. The van der Waals surface area contributed by atoms with Gasteiger partial charge in [-0.15, -0.1) is 0 Å². The molecule has 1 heterocycles. The number of aliphatic hydroxyl groups is 1. The summed E-state index contributed by atoms with van der Waals surface area (Å²) in [5.74, 6) is 0.384. The van der Waals surface area contributed by atoms with E-state index in [1.807, 2.05) is 14.1 Å². The molecule has 0 aromatic heterocycles. The standard InChI is InChI=1S/C15H29NO2/c1-14(2,16(3)4)13(17)12-7-10-18-15(11-12)8-5-6-9-15/h12-13,17H,5-11H2,1-4H3. The third-order valence-corrected chi connectivity index (χ3v) is 5.37. The molecular weight excluding hydrogens is 226 g/mol. The van der Waals surface area contributed by atoms with E-state index in [0.717, 1.165) is 19.4 Å². The summed E-state index contributed by atoms with van der Waals surface area (Å²) in [7, 11) is 4.10. The van der Waals surface area contributed by atoms with Gasteiger partial charge in [0.2, 0.25) is 0 Å². The number of rotatable bonds is 3. The Kier molecular flexibility index (Phi) is 4.05. The quantitative estimate of drug-likeness (QED) is 0.840. The summed E-state index contributed by atoms with van der Waals surface area (Å²) in [4.78, 5) is 2.13. The molecule has 0 amide bonds. The van der Waals surface area contributed by atoms with Crippen LogP contribution in [-0.2, 0) is 4.74 Å². The highest BCUT2D eigenvalue weighted by atomic mass is 16.5. The fraction of sp³-hybridized carbons (Fsp3) is 1.00. The Morgan fingerprint density at radius 1 is 1.28 bits per heavy atom. The van der Waals surface area contributed by atoms with Crippen LogP contribution in [0.1, 0.15) is 52.4 Å². The van der Waals surface area contributed by atoms with Crippen LogP contribution < -0.4 is 0 Å². The minimum absolute atomic E-state index is 0.103. The van der Waals surface area contributed by atoms with Crippen LogP contribution in [0.25, 0.3) is 0 Å². The minimum atomic E-state index is -0.270. The molecule has 2 atom stereocenters. The van der Waals surface area contributed by atoms with Gasteiger partial charge in [0, 0.05) is 12.1 Å². The molecule has 2 rings (SSSR count). The highest BCUT2D eigenvalue weighted by molar-refractivity contribution is 4.97. The molecule has 1 aliphatic carbocycles. The first-order chi connectivity index (χ1) is 8.37. The molecule has 18 heavy (non-hydrogen) atoms. The van der Waals surface area contributed by atoms with E-state index < -0.39 is 0 Å². The van der Waals surface area contributed by atoms with Crippen molar-refractivity contribution in [1.82, 2.24) is 4.90 Å². The van der Waals surface area contributed by atoms with Crippen molar-refractivity contribution in [2.24, 2.45) is 5.92 Å². The second-order valence-electron chi connectivity index (χ2n) is 6.98. The second kappa shape index (κ2) is 5.10. The van der Waals surface area contributed by atoms with Gasteiger partial charge in [-0.3, -0.25) is 0 Å². The van der Waals surface area contributed by atoms with Gasteiger partial charge >= 0.3 is 0 Å². The molecule has 3 heteroatoms. The van der Waals surface area contributed by atoms with E-state index in [1.54, 1.807) is 0 Å². The molecule has 1 saturated heterocycles. The van der Waals surface area contributed by atoms with E-state index in [9.17, 15) is 5.11 Å². The number of aliphatic hydroxyl groups excluding tert-OH is 1. The van der Waals surface area contributed by atoms with Gasteiger partial charge in [-0.25, -0.2) is 0 Å². The first-order valence-electron chi connectivity index (χ1n) is 7.37. The monoisotopic (exact) mass is 255 g/mol. The lowest BCUT2D eigenvalue weighted by molar-refractivity contribution is -0.130. The van der Waals surface area contributed by atoms with Gasteiger partial charge in [0.25, 0.3) is 0 Å². The molecule has 0 bridgehead atoms. The van der Waals surface area contributed by atoms with Crippen molar-refractivity contribution in [1.29, 1.82) is 0 Å². The molecular formula is C15H29NO2. The molecule has 1 N–H and O–H groups in total. The lowest BCUT2D eigenvalue weighted by atomic mass is 9.76. The first kappa shape index (κ1) is 14.3. The Bertz CT molecular complexity index is 282. The van der Waals surface area contributed by atoms with Crippen LogP contribution in [0.4, 0.5) is 0 Å². The lowest BCUT2D eigenvalue weighted by Gasteiger charge is -2.46. The van der Waals surface area contributed by atoms with Crippen molar-refractivity contribution in [3.8, 4) is 0 Å². The maximum absolute atomic E-state index is 10.7. The van der Waals surface area contributed by atoms with Gasteiger partial charge < -0.3 is 14.7 Å². The third kappa shape index (κ3) is 2.59. The number of likely N-dealkylation sites (N-methyl/N-ethyl adjacent to an activating group) is 1. The highest BCUT2D eigenvalue weighted by Gasteiger charge is 2.45. The predicted octanol–water partition coefficient (Wildman–Crippen LogP) is 2.43. The van der Waals surface area contributed by atoms with E-state index in [4.69, 9.17) is 4.74 Å². The normalized spacial score (nSPS) is 30.0. The molecule has 1 aliphatic heterocycles. The summed E-state index contributed by atoms with van der Waals surface area (Å²) in [5, 5.41) is 10.7. The van der Waals surface area contributed by atoms with Gasteiger partial charge in [0.15, 0.2) is 0 Å². The zero-order valence-corrected chi connectivity index (χ0v) is 12.4. The Morgan fingerprint density at radius 3 is 2.44 bits per heavy atom. The summed E-state index contributed by atoms with van der Waals surface area (Å²) in [6, 6.07) is 0. The summed E-state index contributed by atoms with van der Waals surface area (Å²) < 4.78 is 6.06. The smallest absolute Gasteiger partial charge is 0.0748 e. The number of hydrogen-bond donors (Lipinski definition) is 1. The number of ether oxygens (including phenoxy) is 1. The van der Waals surface area contributed by atoms with Crippen LogP contribution in [-0.4, -0.2) is 48.0 Å². The zero-order chi connectivity index (χ0) is 13.4. The van der Waals surface area contributed by atoms with Crippen LogP contribution in [0.15, 0.2) is 0 Å². The van der Waals surface area contributed by atoms with Crippen LogP contribution in [0.2, 0.25) is 0 Å². The van der Waals surface area contributed by atoms with E-state index >= 15 is 0 Å². The molecule has 2 unspecified atom stereocenters. The van der Waals surface area contributed by atoms with Crippen LogP contribution in [0, 0.1) is 5.92 Å². The van der Waals surface area contributed by atoms with E-state index in [1.165, 1.54) is 25.7 Å². The molecule has 0 aromatic carbocycles. The first-order valence-corrected chi connectivity index (χ1v) is 7.37. The Labute approximate surface area is 112 Å². The average Bonchev–Trinajstić information content (AvgIpc) is 2.76. The molecule has 0 radical (unpaired) electrons. The molecule has 1 spiro atoms. The second-order valence-corrected chi connectivity index (χ2v) is 6.98. The lowest BCUT2D eigenvalue weighted by Crippen LogP contribution is -2.54. The van der Waals surface area contributed by atoms with Gasteiger partial charge in [0.1, 0.15) is 0 Å². The maximum Gasteiger partial charge on any atom is 0.0748 e. The third-order valence-electron chi connectivity index (χ3n) is 5.37. The maximum atomic E-state index is 10.7. The SMILES string of the molecule is CN(C)C(C)(C)C(O)C1CCOC2(CCCC2)C1. The Balaban J connectivity index is 2.04. The Morgan fingerprint density at radius 2 is 1.89 bits per heavy atom. The average molecular weight is 255 g/mol. The molecule has 0 aromatic rings. The summed E-state index contributed by atoms with van der Waals surface area (Å²) in [6.07, 6.45) is 6.75. The van der Waals surface area contributed by atoms with Crippen molar-refractivity contribution in [2.75, 3.05) is 20.7 Å². The van der Waals surface area contributed by atoms with E-state index in [2.05, 4.69) is 18.7 Å². The van der Waals surface area contributed by atoms with E-state index in [-0.39, 0.29) is 17.2 Å². The molecule has 106 valence electrons. The van der Waals surface area contributed by atoms with Crippen LogP contribution >= 0.6 is 0 Å². The fourth-order valence-corrected chi connectivity index (χ4v) is 3.54. The zero-order valence-electron chi connectivity index (χ0n) is 12.4. The van der Waals surface area contributed by atoms with Crippen molar-refractivity contribution in [3.05, 3.63) is 0 Å². The summed E-state index contributed by atoms with van der Waals surface area (Å²) in [6.45, 7) is 5.09. The van der Waals surface area contributed by atoms with Gasteiger partial charge in [-0.2, -0.15) is 0 Å². The topological polar surface area (TPSA) is 32.7 Å². The van der Waals surface area contributed by atoms with Gasteiger partial charge in [0.05, 0.1) is 11.7 Å². The summed E-state index contributed by atoms with van der Waals surface area (Å²) in [5.41, 5.74) is -0.0614. The van der Waals surface area contributed by atoms with Gasteiger partial charge in [-0.05, 0) is 59.5 Å². The molecule has 2 fully saturated rings. The van der Waals surface area contributed by atoms with Crippen molar-refractivity contribution < 1.29 is 9.84 Å². The Hall–Kier alpha value is -0.120. The van der Waals surface area contributed by atoms with Crippen LogP contribution in [0.5, 0.6) is 0 Å². The van der Waals surface area contributed by atoms with Crippen molar-refractivity contribution in [3.63, 3.8) is 0 Å². The largest absolute Gasteiger partial charge is 0.391 e. The molecule has 2 aliphatic rings. The van der Waals surface area contributed by atoms with Gasteiger partial charge in [-0.1, -0.05) is 12.8 Å². The predicted molar refractivity (Wildman–Crippen MR) is 73.6 cm³/mol. The highest BCUT2D eigenvalue weighted by Crippen LogP contribution is 2.44.